The van der Waals surface area contributed by atoms with Gasteiger partial charge >= 0.3 is 0 Å². The van der Waals surface area contributed by atoms with Crippen LogP contribution < -0.4 is 10.6 Å². The van der Waals surface area contributed by atoms with Crippen molar-refractivity contribution in [2.24, 2.45) is 5.92 Å². The Kier molecular flexibility index (Phi) is 4.04. The van der Waals surface area contributed by atoms with Gasteiger partial charge in [-0.25, -0.2) is 0 Å². The van der Waals surface area contributed by atoms with Gasteiger partial charge in [0.2, 0.25) is 5.91 Å². The summed E-state index contributed by atoms with van der Waals surface area (Å²) in [5, 5.41) is 16.7. The highest BCUT2D eigenvalue weighted by atomic mass is 16.6. The molecule has 0 radical (unpaired) electrons. The zero-order chi connectivity index (χ0) is 14.8. The number of nitro groups is 1. The molecule has 1 aromatic carbocycles. The maximum absolute atomic E-state index is 12.3. The number of rotatable bonds is 5. The second kappa shape index (κ2) is 5.58. The Hall–Kier alpha value is -1.95. The van der Waals surface area contributed by atoms with Crippen molar-refractivity contribution in [3.8, 4) is 0 Å². The highest BCUT2D eigenvalue weighted by molar-refractivity contribution is 5.87. The van der Waals surface area contributed by atoms with Crippen LogP contribution in [0.25, 0.3) is 0 Å². The fourth-order valence-corrected chi connectivity index (χ4v) is 2.08. The van der Waals surface area contributed by atoms with Crippen LogP contribution in [0.3, 0.4) is 0 Å². The molecular weight excluding hydrogens is 258 g/mol. The van der Waals surface area contributed by atoms with E-state index in [2.05, 4.69) is 10.6 Å². The molecule has 1 aliphatic rings. The standard InChI is InChI=1S/C14H19N3O3/c1-14(2,13(18)16-9-10-7-15-8-10)11-3-5-12(6-4-11)17(19)20/h3-6,10,15H,7-9H2,1-2H3,(H,16,18). The van der Waals surface area contributed by atoms with E-state index in [1.54, 1.807) is 12.1 Å². The number of non-ortho nitro benzene ring substituents is 1. The first-order chi connectivity index (χ1) is 9.41. The number of hydrogen-bond donors (Lipinski definition) is 2. The topological polar surface area (TPSA) is 84.3 Å². The minimum Gasteiger partial charge on any atom is -0.355 e. The first-order valence-electron chi connectivity index (χ1n) is 6.65. The maximum Gasteiger partial charge on any atom is 0.269 e. The van der Waals surface area contributed by atoms with Gasteiger partial charge in [0.15, 0.2) is 0 Å². The van der Waals surface area contributed by atoms with Crippen molar-refractivity contribution in [1.29, 1.82) is 0 Å². The van der Waals surface area contributed by atoms with E-state index in [0.29, 0.717) is 12.5 Å². The number of carbonyl (C=O) groups excluding carboxylic acids is 1. The Morgan fingerprint density at radius 2 is 2.00 bits per heavy atom. The first kappa shape index (κ1) is 14.5. The Bertz CT molecular complexity index is 507. The Balaban J connectivity index is 2.03. The minimum atomic E-state index is -0.702. The van der Waals surface area contributed by atoms with E-state index in [4.69, 9.17) is 0 Å². The molecule has 6 nitrogen and oxygen atoms in total. The molecule has 1 saturated heterocycles. The molecule has 1 aromatic rings. The van der Waals surface area contributed by atoms with E-state index in [1.807, 2.05) is 13.8 Å². The van der Waals surface area contributed by atoms with Gasteiger partial charge in [-0.15, -0.1) is 0 Å². The average Bonchev–Trinajstić information content (AvgIpc) is 2.36. The van der Waals surface area contributed by atoms with Crippen LogP contribution in [0.2, 0.25) is 0 Å². The van der Waals surface area contributed by atoms with Crippen molar-refractivity contribution in [2.45, 2.75) is 19.3 Å². The summed E-state index contributed by atoms with van der Waals surface area (Å²) in [5.74, 6) is 0.449. The Morgan fingerprint density at radius 3 is 2.45 bits per heavy atom. The van der Waals surface area contributed by atoms with E-state index in [0.717, 1.165) is 18.7 Å². The molecule has 0 saturated carbocycles. The second-order valence-electron chi connectivity index (χ2n) is 5.66. The molecule has 1 aliphatic heterocycles. The van der Waals surface area contributed by atoms with Gasteiger partial charge in [-0.05, 0) is 19.4 Å². The number of nitro benzene ring substituents is 1. The van der Waals surface area contributed by atoms with Crippen LogP contribution in [0.5, 0.6) is 0 Å². The molecule has 0 aromatic heterocycles. The summed E-state index contributed by atoms with van der Waals surface area (Å²) in [6.45, 7) is 6.20. The molecule has 20 heavy (non-hydrogen) atoms. The average molecular weight is 277 g/mol. The summed E-state index contributed by atoms with van der Waals surface area (Å²) < 4.78 is 0. The molecule has 1 heterocycles. The SMILES string of the molecule is CC(C)(C(=O)NCC1CNC1)c1ccc([N+](=O)[O-])cc1. The zero-order valence-corrected chi connectivity index (χ0v) is 11.7. The van der Waals surface area contributed by atoms with Crippen LogP contribution in [0.15, 0.2) is 24.3 Å². The second-order valence-corrected chi connectivity index (χ2v) is 5.66. The lowest BCUT2D eigenvalue weighted by molar-refractivity contribution is -0.384. The summed E-state index contributed by atoms with van der Waals surface area (Å²) in [6, 6.07) is 6.14. The number of nitrogens with one attached hydrogen (secondary N) is 2. The molecule has 108 valence electrons. The zero-order valence-electron chi connectivity index (χ0n) is 11.7. The third-order valence-electron chi connectivity index (χ3n) is 3.78. The van der Waals surface area contributed by atoms with E-state index < -0.39 is 10.3 Å². The summed E-state index contributed by atoms with van der Waals surface area (Å²) in [7, 11) is 0. The van der Waals surface area contributed by atoms with Crippen molar-refractivity contribution >= 4 is 11.6 Å². The highest BCUT2D eigenvalue weighted by Gasteiger charge is 2.31. The summed E-state index contributed by atoms with van der Waals surface area (Å²) in [4.78, 5) is 22.5. The molecule has 0 atom stereocenters. The lowest BCUT2D eigenvalue weighted by Crippen LogP contribution is -2.50. The summed E-state index contributed by atoms with van der Waals surface area (Å²) in [6.07, 6.45) is 0. The van der Waals surface area contributed by atoms with Gasteiger partial charge in [-0.2, -0.15) is 0 Å². The van der Waals surface area contributed by atoms with Gasteiger partial charge in [-0.3, -0.25) is 14.9 Å². The van der Waals surface area contributed by atoms with E-state index >= 15 is 0 Å². The summed E-state index contributed by atoms with van der Waals surface area (Å²) in [5.41, 5.74) is 0.101. The smallest absolute Gasteiger partial charge is 0.269 e. The molecule has 1 amide bonds. The van der Waals surface area contributed by atoms with Crippen LogP contribution in [-0.4, -0.2) is 30.5 Å². The third-order valence-corrected chi connectivity index (χ3v) is 3.78. The Morgan fingerprint density at radius 1 is 1.40 bits per heavy atom. The molecule has 0 bridgehead atoms. The molecular formula is C14H19N3O3. The van der Waals surface area contributed by atoms with Crippen LogP contribution in [0.1, 0.15) is 19.4 Å². The fourth-order valence-electron chi connectivity index (χ4n) is 2.08. The van der Waals surface area contributed by atoms with Crippen molar-refractivity contribution < 1.29 is 9.72 Å². The highest BCUT2D eigenvalue weighted by Crippen LogP contribution is 2.25. The third kappa shape index (κ3) is 2.96. The number of amides is 1. The van der Waals surface area contributed by atoms with Gasteiger partial charge in [0.05, 0.1) is 10.3 Å². The van der Waals surface area contributed by atoms with Crippen LogP contribution in [0, 0.1) is 16.0 Å². The monoisotopic (exact) mass is 277 g/mol. The van der Waals surface area contributed by atoms with Crippen LogP contribution >= 0.6 is 0 Å². The predicted octanol–water partition coefficient (Wildman–Crippen LogP) is 1.21. The first-order valence-corrected chi connectivity index (χ1v) is 6.65. The van der Waals surface area contributed by atoms with Gasteiger partial charge in [0.1, 0.15) is 0 Å². The maximum atomic E-state index is 12.3. The number of nitrogens with zero attached hydrogens (tertiary/aromatic N) is 1. The Labute approximate surface area is 117 Å². The van der Waals surface area contributed by atoms with Gasteiger partial charge in [-0.1, -0.05) is 12.1 Å². The lowest BCUT2D eigenvalue weighted by Gasteiger charge is -2.30. The molecule has 1 fully saturated rings. The van der Waals surface area contributed by atoms with Crippen LogP contribution in [0.4, 0.5) is 5.69 Å². The number of carbonyl (C=O) groups is 1. The molecule has 6 heteroatoms. The predicted molar refractivity (Wildman–Crippen MR) is 75.5 cm³/mol. The van der Waals surface area contributed by atoms with Crippen molar-refractivity contribution in [3.63, 3.8) is 0 Å². The molecule has 0 unspecified atom stereocenters. The van der Waals surface area contributed by atoms with Crippen molar-refractivity contribution in [2.75, 3.05) is 19.6 Å². The quantitative estimate of drug-likeness (QED) is 0.626. The number of benzene rings is 1. The van der Waals surface area contributed by atoms with Crippen molar-refractivity contribution in [1.82, 2.24) is 10.6 Å². The summed E-state index contributed by atoms with van der Waals surface area (Å²) >= 11 is 0. The van der Waals surface area contributed by atoms with Gasteiger partial charge in [0.25, 0.3) is 5.69 Å². The van der Waals surface area contributed by atoms with E-state index in [-0.39, 0.29) is 11.6 Å². The van der Waals surface area contributed by atoms with E-state index in [1.165, 1.54) is 12.1 Å². The van der Waals surface area contributed by atoms with E-state index in [9.17, 15) is 14.9 Å². The largest absolute Gasteiger partial charge is 0.355 e. The number of hydrogen-bond acceptors (Lipinski definition) is 4. The normalized spacial score (nSPS) is 15.5. The molecule has 0 spiro atoms. The lowest BCUT2D eigenvalue weighted by atomic mass is 9.83. The molecule has 2 N–H and O–H groups in total. The van der Waals surface area contributed by atoms with Gasteiger partial charge in [0, 0.05) is 37.7 Å². The van der Waals surface area contributed by atoms with Crippen molar-refractivity contribution in [3.05, 3.63) is 39.9 Å². The van der Waals surface area contributed by atoms with Crippen LogP contribution in [-0.2, 0) is 10.2 Å². The molecule has 2 rings (SSSR count). The minimum absolute atomic E-state index is 0.0329. The fraction of sp³-hybridized carbons (Fsp3) is 0.500. The van der Waals surface area contributed by atoms with Gasteiger partial charge < -0.3 is 10.6 Å². The molecule has 0 aliphatic carbocycles.